The van der Waals surface area contributed by atoms with Gasteiger partial charge in [-0.3, -0.25) is 0 Å². The van der Waals surface area contributed by atoms with E-state index in [0.717, 1.165) is 18.9 Å². The maximum absolute atomic E-state index is 13.8. The molecule has 17 heavy (non-hydrogen) atoms. The number of alkyl halides is 3. The van der Waals surface area contributed by atoms with Crippen LogP contribution in [0, 0.1) is 5.82 Å². The summed E-state index contributed by atoms with van der Waals surface area (Å²) in [7, 11) is 0. The van der Waals surface area contributed by atoms with Gasteiger partial charge in [0, 0.05) is 13.1 Å². The summed E-state index contributed by atoms with van der Waals surface area (Å²) in [5.74, 6) is -1.73. The third-order valence-electron chi connectivity index (χ3n) is 2.62. The molecule has 6 heteroatoms. The molecule has 1 saturated heterocycles. The minimum Gasteiger partial charge on any atom is -0.403 e. The molecule has 2 nitrogen and oxygen atoms in total. The molecule has 0 N–H and O–H groups in total. The number of benzene rings is 1. The van der Waals surface area contributed by atoms with Gasteiger partial charge in [-0.1, -0.05) is 6.07 Å². The van der Waals surface area contributed by atoms with Crippen molar-refractivity contribution in [2.24, 2.45) is 0 Å². The molecule has 0 aliphatic carbocycles. The van der Waals surface area contributed by atoms with Crippen molar-refractivity contribution in [2.75, 3.05) is 18.0 Å². The SMILES string of the molecule is Fc1c(OC(F)(F)F)cccc1N1CCCC1. The van der Waals surface area contributed by atoms with Crippen molar-refractivity contribution < 1.29 is 22.3 Å². The number of rotatable bonds is 2. The predicted molar refractivity (Wildman–Crippen MR) is 54.5 cm³/mol. The number of hydrogen-bond acceptors (Lipinski definition) is 2. The largest absolute Gasteiger partial charge is 0.573 e. The van der Waals surface area contributed by atoms with E-state index in [1.807, 2.05) is 0 Å². The van der Waals surface area contributed by atoms with E-state index in [1.54, 1.807) is 4.90 Å². The molecule has 0 atom stereocenters. The summed E-state index contributed by atoms with van der Waals surface area (Å²) < 4.78 is 53.5. The van der Waals surface area contributed by atoms with Crippen molar-refractivity contribution in [1.29, 1.82) is 0 Å². The van der Waals surface area contributed by atoms with E-state index in [1.165, 1.54) is 12.1 Å². The lowest BCUT2D eigenvalue weighted by Crippen LogP contribution is -2.21. The summed E-state index contributed by atoms with van der Waals surface area (Å²) in [4.78, 5) is 1.72. The van der Waals surface area contributed by atoms with Crippen LogP contribution >= 0.6 is 0 Å². The van der Waals surface area contributed by atoms with Crippen LogP contribution in [-0.2, 0) is 0 Å². The number of ether oxygens (including phenoxy) is 1. The molecule has 1 aliphatic rings. The molecule has 0 aromatic heterocycles. The summed E-state index contributed by atoms with van der Waals surface area (Å²) in [5, 5.41) is 0. The molecule has 2 rings (SSSR count). The van der Waals surface area contributed by atoms with Crippen molar-refractivity contribution in [3.63, 3.8) is 0 Å². The van der Waals surface area contributed by atoms with Gasteiger partial charge in [0.05, 0.1) is 5.69 Å². The van der Waals surface area contributed by atoms with Crippen molar-refractivity contribution in [3.8, 4) is 5.75 Å². The smallest absolute Gasteiger partial charge is 0.403 e. The quantitative estimate of drug-likeness (QED) is 0.745. The Labute approximate surface area is 95.8 Å². The van der Waals surface area contributed by atoms with E-state index >= 15 is 0 Å². The average Bonchev–Trinajstić information content (AvgIpc) is 2.72. The fourth-order valence-electron chi connectivity index (χ4n) is 1.90. The molecule has 0 bridgehead atoms. The summed E-state index contributed by atoms with van der Waals surface area (Å²) in [6.07, 6.45) is -3.03. The van der Waals surface area contributed by atoms with Gasteiger partial charge in [0.25, 0.3) is 0 Å². The Bertz CT molecular complexity index is 399. The van der Waals surface area contributed by atoms with Crippen LogP contribution in [0.3, 0.4) is 0 Å². The molecule has 0 saturated carbocycles. The maximum atomic E-state index is 13.8. The molecular formula is C11H11F4NO. The van der Waals surface area contributed by atoms with Gasteiger partial charge in [-0.25, -0.2) is 4.39 Å². The fraction of sp³-hybridized carbons (Fsp3) is 0.455. The Balaban J connectivity index is 2.26. The fourth-order valence-corrected chi connectivity index (χ4v) is 1.90. The summed E-state index contributed by atoms with van der Waals surface area (Å²) >= 11 is 0. The molecule has 0 radical (unpaired) electrons. The molecule has 1 aromatic rings. The number of halogens is 4. The molecular weight excluding hydrogens is 238 g/mol. The summed E-state index contributed by atoms with van der Waals surface area (Å²) in [5.41, 5.74) is 0.171. The van der Waals surface area contributed by atoms with E-state index in [4.69, 9.17) is 0 Å². The molecule has 1 aromatic carbocycles. The minimum atomic E-state index is -4.87. The van der Waals surface area contributed by atoms with Gasteiger partial charge >= 0.3 is 6.36 Å². The highest BCUT2D eigenvalue weighted by Gasteiger charge is 2.33. The van der Waals surface area contributed by atoms with Crippen LogP contribution in [0.4, 0.5) is 23.2 Å². The Morgan fingerprint density at radius 3 is 2.35 bits per heavy atom. The Hall–Kier alpha value is -1.46. The number of nitrogens with zero attached hydrogens (tertiary/aromatic N) is 1. The van der Waals surface area contributed by atoms with Crippen LogP contribution in [-0.4, -0.2) is 19.5 Å². The molecule has 0 amide bonds. The minimum absolute atomic E-state index is 0.171. The predicted octanol–water partition coefficient (Wildman–Crippen LogP) is 3.32. The van der Waals surface area contributed by atoms with Crippen LogP contribution in [0.5, 0.6) is 5.75 Å². The monoisotopic (exact) mass is 249 g/mol. The maximum Gasteiger partial charge on any atom is 0.573 e. The Morgan fingerprint density at radius 2 is 1.76 bits per heavy atom. The van der Waals surface area contributed by atoms with Crippen LogP contribution in [0.1, 0.15) is 12.8 Å². The van der Waals surface area contributed by atoms with E-state index in [-0.39, 0.29) is 5.69 Å². The van der Waals surface area contributed by atoms with E-state index in [2.05, 4.69) is 4.74 Å². The zero-order valence-electron chi connectivity index (χ0n) is 8.93. The van der Waals surface area contributed by atoms with Crippen LogP contribution in [0.25, 0.3) is 0 Å². The second kappa shape index (κ2) is 4.43. The van der Waals surface area contributed by atoms with Crippen molar-refractivity contribution in [2.45, 2.75) is 19.2 Å². The Morgan fingerprint density at radius 1 is 1.12 bits per heavy atom. The topological polar surface area (TPSA) is 12.5 Å². The highest BCUT2D eigenvalue weighted by molar-refractivity contribution is 5.53. The summed E-state index contributed by atoms with van der Waals surface area (Å²) in [6, 6.07) is 3.80. The first-order valence-electron chi connectivity index (χ1n) is 5.26. The second-order valence-corrected chi connectivity index (χ2v) is 3.83. The zero-order chi connectivity index (χ0) is 12.5. The van der Waals surface area contributed by atoms with Crippen molar-refractivity contribution >= 4 is 5.69 Å². The van der Waals surface area contributed by atoms with Gasteiger partial charge in [-0.05, 0) is 25.0 Å². The first-order valence-corrected chi connectivity index (χ1v) is 5.26. The molecule has 1 fully saturated rings. The zero-order valence-corrected chi connectivity index (χ0v) is 8.93. The van der Waals surface area contributed by atoms with Crippen molar-refractivity contribution in [1.82, 2.24) is 0 Å². The molecule has 0 spiro atoms. The molecule has 94 valence electrons. The van der Waals surface area contributed by atoms with E-state index in [0.29, 0.717) is 13.1 Å². The van der Waals surface area contributed by atoms with E-state index in [9.17, 15) is 17.6 Å². The van der Waals surface area contributed by atoms with Gasteiger partial charge in [0.1, 0.15) is 0 Å². The molecule has 1 aliphatic heterocycles. The van der Waals surface area contributed by atoms with Gasteiger partial charge in [-0.2, -0.15) is 0 Å². The highest BCUT2D eigenvalue weighted by atomic mass is 19.4. The highest BCUT2D eigenvalue weighted by Crippen LogP contribution is 2.32. The Kier molecular flexibility index (Phi) is 3.13. The standard InChI is InChI=1S/C11H11F4NO/c12-10-8(16-6-1-2-7-16)4-3-5-9(10)17-11(13,14)15/h3-5H,1-2,6-7H2. The van der Waals surface area contributed by atoms with Gasteiger partial charge in [-0.15, -0.1) is 13.2 Å². The number of anilines is 1. The number of hydrogen-bond donors (Lipinski definition) is 0. The normalized spacial score (nSPS) is 16.4. The van der Waals surface area contributed by atoms with E-state index < -0.39 is 17.9 Å². The first-order chi connectivity index (χ1) is 7.97. The second-order valence-electron chi connectivity index (χ2n) is 3.83. The van der Waals surface area contributed by atoms with Gasteiger partial charge < -0.3 is 9.64 Å². The van der Waals surface area contributed by atoms with Crippen LogP contribution in [0.2, 0.25) is 0 Å². The molecule has 0 unspecified atom stereocenters. The van der Waals surface area contributed by atoms with Crippen LogP contribution < -0.4 is 9.64 Å². The third-order valence-corrected chi connectivity index (χ3v) is 2.62. The molecule has 1 heterocycles. The average molecular weight is 249 g/mol. The first kappa shape index (κ1) is 12.0. The van der Waals surface area contributed by atoms with Gasteiger partial charge in [0.2, 0.25) is 0 Å². The lowest BCUT2D eigenvalue weighted by atomic mass is 10.2. The summed E-state index contributed by atoms with van der Waals surface area (Å²) in [6.45, 7) is 1.32. The van der Waals surface area contributed by atoms with Gasteiger partial charge in [0.15, 0.2) is 11.6 Å². The third kappa shape index (κ3) is 2.81. The van der Waals surface area contributed by atoms with Crippen LogP contribution in [0.15, 0.2) is 18.2 Å². The lowest BCUT2D eigenvalue weighted by molar-refractivity contribution is -0.275. The van der Waals surface area contributed by atoms with Crippen molar-refractivity contribution in [3.05, 3.63) is 24.0 Å². The lowest BCUT2D eigenvalue weighted by Gasteiger charge is -2.20.